The fourth-order valence-electron chi connectivity index (χ4n) is 7.01. The van der Waals surface area contributed by atoms with E-state index in [1.54, 1.807) is 62.7 Å². The minimum atomic E-state index is -0.965. The highest BCUT2D eigenvalue weighted by Crippen LogP contribution is 2.70. The predicted octanol–water partition coefficient (Wildman–Crippen LogP) is 5.82. The van der Waals surface area contributed by atoms with Crippen LogP contribution in [0, 0.1) is 16.7 Å². The summed E-state index contributed by atoms with van der Waals surface area (Å²) in [6, 6.07) is 9.91. The van der Waals surface area contributed by atoms with Crippen molar-refractivity contribution in [2.45, 2.75) is 66.1 Å². The second-order valence-electron chi connectivity index (χ2n) is 12.3. The lowest BCUT2D eigenvalue weighted by Gasteiger charge is -2.57. The van der Waals surface area contributed by atoms with E-state index in [2.05, 4.69) is 6.07 Å². The zero-order valence-electron chi connectivity index (χ0n) is 24.8. The number of amides is 4. The molecule has 2 spiro atoms. The molecule has 6 atom stereocenters. The van der Waals surface area contributed by atoms with Crippen LogP contribution in [-0.2, 0) is 19.2 Å². The third-order valence-electron chi connectivity index (χ3n) is 9.63. The van der Waals surface area contributed by atoms with E-state index in [0.29, 0.717) is 12.8 Å². The summed E-state index contributed by atoms with van der Waals surface area (Å²) in [6.07, 6.45) is 0.977. The molecular formula is C29H29N5O4S6. The van der Waals surface area contributed by atoms with E-state index < -0.39 is 24.9 Å². The fraction of sp³-hybridized carbons (Fsp3) is 0.483. The van der Waals surface area contributed by atoms with E-state index in [1.165, 1.54) is 43.7 Å². The molecule has 4 unspecified atom stereocenters. The third kappa shape index (κ3) is 3.58. The molecule has 4 bridgehead atoms. The van der Waals surface area contributed by atoms with Crippen LogP contribution in [0.1, 0.15) is 56.3 Å². The molecule has 0 N–H and O–H groups in total. The van der Waals surface area contributed by atoms with Crippen LogP contribution in [0.3, 0.4) is 0 Å². The number of piperazine rings is 2. The van der Waals surface area contributed by atoms with Crippen molar-refractivity contribution in [2.24, 2.45) is 5.41 Å². The van der Waals surface area contributed by atoms with Gasteiger partial charge >= 0.3 is 0 Å². The van der Waals surface area contributed by atoms with Crippen molar-refractivity contribution in [3.63, 3.8) is 0 Å². The van der Waals surface area contributed by atoms with Crippen molar-refractivity contribution < 1.29 is 19.2 Å². The largest absolute Gasteiger partial charge is 0.319 e. The van der Waals surface area contributed by atoms with Crippen LogP contribution < -0.4 is 0 Å². The standard InChI is InChI=1S/C15H15N3O2S3.C14H14N2O2S3/c1-13(8-16)7-15-12(20)17(3)14(2,22-23-15)11(19)18(15)10(13)9-5-4-6-21-9;1-8-7-14-12(18)15(3)13(2,20-21-14)11(17)16(14)10(8)9-5-4-6-19-9/h4-6,10H,7H2,1-3H3;4-6H,7H2,1-3H3/t10-,13+,14?,15?;/m0./s1. The summed E-state index contributed by atoms with van der Waals surface area (Å²) in [5.41, 5.74) is 1.28. The van der Waals surface area contributed by atoms with Gasteiger partial charge in [-0.2, -0.15) is 5.26 Å². The first-order valence-corrected chi connectivity index (χ1v) is 19.9. The Labute approximate surface area is 279 Å². The van der Waals surface area contributed by atoms with Crippen molar-refractivity contribution in [1.82, 2.24) is 19.6 Å². The van der Waals surface area contributed by atoms with Crippen molar-refractivity contribution in [2.75, 3.05) is 14.1 Å². The van der Waals surface area contributed by atoms with E-state index in [0.717, 1.165) is 21.0 Å². The first-order valence-electron chi connectivity index (χ1n) is 13.9. The van der Waals surface area contributed by atoms with Gasteiger partial charge in [0.25, 0.3) is 23.6 Å². The van der Waals surface area contributed by atoms with Gasteiger partial charge in [-0.3, -0.25) is 24.1 Å². The lowest BCUT2D eigenvalue weighted by atomic mass is 9.82. The topological polar surface area (TPSA) is 105 Å². The molecule has 7 saturated heterocycles. The Morgan fingerprint density at radius 1 is 0.818 bits per heavy atom. The Hall–Kier alpha value is -2.09. The number of fused-ring (bicyclic) bond motifs is 4. The number of likely N-dealkylation sites (N-methyl/N-ethyl adjacent to an activating group) is 2. The maximum Gasteiger partial charge on any atom is 0.265 e. The van der Waals surface area contributed by atoms with Crippen molar-refractivity contribution in [1.29, 1.82) is 5.26 Å². The van der Waals surface area contributed by atoms with Crippen molar-refractivity contribution in [3.05, 3.63) is 50.4 Å². The highest BCUT2D eigenvalue weighted by atomic mass is 33.1. The van der Waals surface area contributed by atoms with Crippen LogP contribution in [0.25, 0.3) is 5.70 Å². The maximum absolute atomic E-state index is 13.2. The smallest absolute Gasteiger partial charge is 0.265 e. The summed E-state index contributed by atoms with van der Waals surface area (Å²) >= 11 is 3.15. The highest BCUT2D eigenvalue weighted by Gasteiger charge is 2.75. The van der Waals surface area contributed by atoms with Gasteiger partial charge in [0.05, 0.1) is 28.1 Å². The van der Waals surface area contributed by atoms with Gasteiger partial charge < -0.3 is 14.7 Å². The molecule has 8 aliphatic heterocycles. The van der Waals surface area contributed by atoms with Gasteiger partial charge in [0, 0.05) is 31.8 Å². The Balaban J connectivity index is 0.000000143. The van der Waals surface area contributed by atoms with Gasteiger partial charge in [0.2, 0.25) is 0 Å². The number of carbonyl (C=O) groups is 4. The number of thiophene rings is 2. The molecule has 44 heavy (non-hydrogen) atoms. The first kappa shape index (κ1) is 30.6. The lowest BCUT2D eigenvalue weighted by molar-refractivity contribution is -0.164. The van der Waals surface area contributed by atoms with Crippen LogP contribution in [0.5, 0.6) is 0 Å². The maximum atomic E-state index is 13.2. The molecule has 0 aliphatic carbocycles. The molecule has 9 nitrogen and oxygen atoms in total. The predicted molar refractivity (Wildman–Crippen MR) is 179 cm³/mol. The molecule has 0 radical (unpaired) electrons. The summed E-state index contributed by atoms with van der Waals surface area (Å²) in [5, 5.41) is 13.8. The van der Waals surface area contributed by atoms with Gasteiger partial charge in [0.15, 0.2) is 19.5 Å². The Bertz CT molecular complexity index is 1710. The van der Waals surface area contributed by atoms with E-state index >= 15 is 0 Å². The molecule has 8 aliphatic rings. The van der Waals surface area contributed by atoms with E-state index in [4.69, 9.17) is 0 Å². The number of nitrogens with zero attached hydrogens (tertiary/aromatic N) is 5. The summed E-state index contributed by atoms with van der Waals surface area (Å²) < 4.78 is 0. The van der Waals surface area contributed by atoms with Crippen molar-refractivity contribution in [3.8, 4) is 6.07 Å². The molecule has 0 saturated carbocycles. The second-order valence-corrected chi connectivity index (χ2v) is 19.9. The molecule has 2 aromatic rings. The molecule has 230 valence electrons. The SMILES string of the molecule is CC1=C(c2cccs2)N2C(=O)C3(C)SSC2(C1)C(=O)N3C.CN1C(=O)C23C[C@](C)(C#N)[C@H](c4cccs4)N2C(=O)C1(C)SS3. The minimum absolute atomic E-state index is 0.0219. The average Bonchev–Trinajstić information content (AvgIpc) is 3.80. The Morgan fingerprint density at radius 2 is 1.41 bits per heavy atom. The summed E-state index contributed by atoms with van der Waals surface area (Å²) in [6.45, 7) is 7.53. The van der Waals surface area contributed by atoms with Crippen LogP contribution in [0.2, 0.25) is 0 Å². The molecule has 10 heterocycles. The zero-order chi connectivity index (χ0) is 31.6. The van der Waals surface area contributed by atoms with Crippen LogP contribution >= 0.6 is 65.8 Å². The molecule has 4 amide bonds. The summed E-state index contributed by atoms with van der Waals surface area (Å²) in [5.74, 6) is -0.0718. The van der Waals surface area contributed by atoms with Crippen LogP contribution in [0.15, 0.2) is 40.6 Å². The number of hydrogen-bond acceptors (Lipinski definition) is 11. The monoisotopic (exact) mass is 703 g/mol. The number of hydrogen-bond donors (Lipinski definition) is 0. The third-order valence-corrected chi connectivity index (χ3v) is 18.8. The van der Waals surface area contributed by atoms with E-state index in [9.17, 15) is 24.4 Å². The molecule has 7 fully saturated rings. The quantitative estimate of drug-likeness (QED) is 0.358. The molecular weight excluding hydrogens is 675 g/mol. The minimum Gasteiger partial charge on any atom is -0.319 e. The molecule has 2 aromatic heterocycles. The van der Waals surface area contributed by atoms with Crippen LogP contribution in [0.4, 0.5) is 0 Å². The number of nitriles is 1. The molecule has 15 heteroatoms. The second kappa shape index (κ2) is 9.71. The van der Waals surface area contributed by atoms with Gasteiger partial charge in [-0.25, -0.2) is 0 Å². The average molecular weight is 704 g/mol. The summed E-state index contributed by atoms with van der Waals surface area (Å²) in [7, 11) is 9.37. The highest BCUT2D eigenvalue weighted by molar-refractivity contribution is 8.78. The van der Waals surface area contributed by atoms with E-state index in [-0.39, 0.29) is 29.7 Å². The molecule has 0 aromatic carbocycles. The van der Waals surface area contributed by atoms with E-state index in [1.807, 2.05) is 55.8 Å². The lowest BCUT2D eigenvalue weighted by Crippen LogP contribution is -2.73. The van der Waals surface area contributed by atoms with Gasteiger partial charge in [-0.05, 0) is 56.2 Å². The number of carbonyl (C=O) groups excluding carboxylic acids is 4. The number of rotatable bonds is 2. The van der Waals surface area contributed by atoms with Gasteiger partial charge in [0.1, 0.15) is 0 Å². The molecule has 10 rings (SSSR count). The fourth-order valence-corrected chi connectivity index (χ4v) is 15.8. The van der Waals surface area contributed by atoms with Crippen molar-refractivity contribution >= 4 is 95.2 Å². The Morgan fingerprint density at radius 3 is 2.00 bits per heavy atom. The Kier molecular flexibility index (Phi) is 6.75. The summed E-state index contributed by atoms with van der Waals surface area (Å²) in [4.78, 5) is 57.5. The normalized spacial score (nSPS) is 38.7. The van der Waals surface area contributed by atoms with Gasteiger partial charge in [-0.15, -0.1) is 22.7 Å². The first-order chi connectivity index (χ1) is 20.7. The van der Waals surface area contributed by atoms with Crippen LogP contribution in [-0.4, -0.2) is 76.8 Å². The van der Waals surface area contributed by atoms with Gasteiger partial charge in [-0.1, -0.05) is 55.3 Å². The zero-order valence-corrected chi connectivity index (χ0v) is 29.7.